The van der Waals surface area contributed by atoms with Gasteiger partial charge in [-0.3, -0.25) is 4.79 Å². The molecule has 0 saturated carbocycles. The highest BCUT2D eigenvalue weighted by Gasteiger charge is 2.21. The van der Waals surface area contributed by atoms with Crippen molar-refractivity contribution >= 4 is 29.1 Å². The van der Waals surface area contributed by atoms with Gasteiger partial charge in [-0.05, 0) is 35.7 Å². The lowest BCUT2D eigenvalue weighted by Crippen LogP contribution is -2.40. The van der Waals surface area contributed by atoms with Crippen molar-refractivity contribution in [3.8, 4) is 0 Å². The first-order valence-corrected chi connectivity index (χ1v) is 6.82. The molecule has 2 aromatic carbocycles. The van der Waals surface area contributed by atoms with Gasteiger partial charge in [-0.15, -0.1) is 12.4 Å². The fraction of sp³-hybridized carbons (Fsp3) is 0.312. The summed E-state index contributed by atoms with van der Waals surface area (Å²) >= 11 is 0. The van der Waals surface area contributed by atoms with Crippen molar-refractivity contribution in [2.75, 3.05) is 6.54 Å². The maximum absolute atomic E-state index is 12.0. The van der Waals surface area contributed by atoms with Gasteiger partial charge in [-0.1, -0.05) is 42.5 Å². The van der Waals surface area contributed by atoms with E-state index in [1.807, 2.05) is 18.2 Å². The third-order valence-corrected chi connectivity index (χ3v) is 3.71. The summed E-state index contributed by atoms with van der Waals surface area (Å²) in [6.45, 7) is 1.55. The number of carbonyl (C=O) groups is 1. The van der Waals surface area contributed by atoms with Crippen LogP contribution in [0.15, 0.2) is 42.5 Å². The highest BCUT2D eigenvalue weighted by Crippen LogP contribution is 2.18. The molecule has 1 atom stereocenters. The average Bonchev–Trinajstić information content (AvgIpc) is 2.99. The van der Waals surface area contributed by atoms with E-state index in [4.69, 9.17) is 0 Å². The van der Waals surface area contributed by atoms with E-state index in [2.05, 4.69) is 34.9 Å². The minimum atomic E-state index is -0.00465. The van der Waals surface area contributed by atoms with Crippen LogP contribution < -0.4 is 10.6 Å². The number of carbonyl (C=O) groups excluding carboxylic acids is 1. The van der Waals surface area contributed by atoms with E-state index in [0.29, 0.717) is 6.54 Å². The number of amides is 1. The van der Waals surface area contributed by atoms with E-state index in [0.717, 1.165) is 19.4 Å². The lowest BCUT2D eigenvalue weighted by Gasteiger charge is -2.12. The quantitative estimate of drug-likeness (QED) is 0.912. The Morgan fingerprint density at radius 3 is 2.80 bits per heavy atom. The van der Waals surface area contributed by atoms with Gasteiger partial charge in [0.15, 0.2) is 0 Å². The Bertz CT molecular complexity index is 589. The van der Waals surface area contributed by atoms with Crippen LogP contribution in [0, 0.1) is 0 Å². The van der Waals surface area contributed by atoms with Crippen molar-refractivity contribution < 1.29 is 4.79 Å². The van der Waals surface area contributed by atoms with Crippen LogP contribution >= 0.6 is 12.4 Å². The van der Waals surface area contributed by atoms with Crippen LogP contribution in [0.5, 0.6) is 0 Å². The van der Waals surface area contributed by atoms with Crippen LogP contribution in [0.25, 0.3) is 10.8 Å². The van der Waals surface area contributed by atoms with Crippen LogP contribution in [0.3, 0.4) is 0 Å². The molecule has 1 amide bonds. The first-order chi connectivity index (χ1) is 9.34. The molecule has 0 bridgehead atoms. The number of hydrogen-bond donors (Lipinski definition) is 2. The van der Waals surface area contributed by atoms with Gasteiger partial charge in [-0.2, -0.15) is 0 Å². The van der Waals surface area contributed by atoms with Gasteiger partial charge in [0.05, 0.1) is 6.04 Å². The van der Waals surface area contributed by atoms with Gasteiger partial charge in [0.1, 0.15) is 0 Å². The lowest BCUT2D eigenvalue weighted by atomic mass is 10.0. The second kappa shape index (κ2) is 6.73. The highest BCUT2D eigenvalue weighted by atomic mass is 35.5. The molecule has 0 spiro atoms. The first-order valence-electron chi connectivity index (χ1n) is 6.82. The highest BCUT2D eigenvalue weighted by molar-refractivity contribution is 5.87. The molecule has 1 unspecified atom stereocenters. The third-order valence-electron chi connectivity index (χ3n) is 3.71. The minimum absolute atomic E-state index is 0. The number of nitrogens with one attached hydrogen (secondary N) is 2. The Morgan fingerprint density at radius 2 is 2.00 bits per heavy atom. The van der Waals surface area contributed by atoms with Gasteiger partial charge in [0, 0.05) is 6.54 Å². The fourth-order valence-electron chi connectivity index (χ4n) is 2.66. The minimum Gasteiger partial charge on any atom is -0.351 e. The standard InChI is InChI=1S/C16H18N2O.ClH/c19-16(15-9-4-10-17-15)18-11-13-7-3-6-12-5-1-2-8-14(12)13;/h1-3,5-8,15,17H,4,9-11H2,(H,18,19);1H. The molecule has 0 aromatic heterocycles. The first kappa shape index (κ1) is 14.8. The second-order valence-corrected chi connectivity index (χ2v) is 5.01. The summed E-state index contributed by atoms with van der Waals surface area (Å²) in [6, 6.07) is 14.5. The van der Waals surface area contributed by atoms with Crippen molar-refractivity contribution in [3.63, 3.8) is 0 Å². The molecular weight excluding hydrogens is 272 g/mol. The van der Waals surface area contributed by atoms with Crippen LogP contribution in [-0.4, -0.2) is 18.5 Å². The van der Waals surface area contributed by atoms with Crippen molar-refractivity contribution in [3.05, 3.63) is 48.0 Å². The number of benzene rings is 2. The summed E-state index contributed by atoms with van der Waals surface area (Å²) < 4.78 is 0. The molecule has 2 N–H and O–H groups in total. The molecule has 1 fully saturated rings. The number of fused-ring (bicyclic) bond motifs is 1. The molecule has 4 heteroatoms. The largest absolute Gasteiger partial charge is 0.351 e. The van der Waals surface area contributed by atoms with Crippen LogP contribution in [0.1, 0.15) is 18.4 Å². The van der Waals surface area contributed by atoms with Crippen molar-refractivity contribution in [2.24, 2.45) is 0 Å². The van der Waals surface area contributed by atoms with Gasteiger partial charge in [0.25, 0.3) is 0 Å². The van der Waals surface area contributed by atoms with E-state index in [-0.39, 0.29) is 24.4 Å². The normalized spacial score (nSPS) is 17.7. The zero-order valence-corrected chi connectivity index (χ0v) is 12.1. The summed E-state index contributed by atoms with van der Waals surface area (Å²) in [6.07, 6.45) is 2.04. The maximum atomic E-state index is 12.0. The second-order valence-electron chi connectivity index (χ2n) is 5.01. The van der Waals surface area contributed by atoms with E-state index in [1.165, 1.54) is 16.3 Å². The molecule has 1 heterocycles. The molecule has 1 aliphatic heterocycles. The molecule has 1 aliphatic rings. The summed E-state index contributed by atoms with van der Waals surface area (Å²) in [7, 11) is 0. The van der Waals surface area contributed by atoms with Crippen LogP contribution in [0.4, 0.5) is 0 Å². The summed E-state index contributed by atoms with van der Waals surface area (Å²) in [4.78, 5) is 12.0. The average molecular weight is 291 g/mol. The SMILES string of the molecule is Cl.O=C(NCc1cccc2ccccc12)C1CCCN1. The third kappa shape index (κ3) is 3.11. The van der Waals surface area contributed by atoms with Gasteiger partial charge >= 0.3 is 0 Å². The Labute approximate surface area is 125 Å². The maximum Gasteiger partial charge on any atom is 0.237 e. The zero-order valence-electron chi connectivity index (χ0n) is 11.3. The molecule has 3 nitrogen and oxygen atoms in total. The Kier molecular flexibility index (Phi) is 4.99. The molecule has 3 rings (SSSR count). The van der Waals surface area contributed by atoms with E-state index in [9.17, 15) is 4.79 Å². The van der Waals surface area contributed by atoms with E-state index < -0.39 is 0 Å². The topological polar surface area (TPSA) is 41.1 Å². The van der Waals surface area contributed by atoms with Gasteiger partial charge in [0.2, 0.25) is 5.91 Å². The van der Waals surface area contributed by atoms with Crippen LogP contribution in [0.2, 0.25) is 0 Å². The molecule has 106 valence electrons. The van der Waals surface area contributed by atoms with Crippen LogP contribution in [-0.2, 0) is 11.3 Å². The molecule has 0 aliphatic carbocycles. The number of halogens is 1. The van der Waals surface area contributed by atoms with Crippen molar-refractivity contribution in [1.29, 1.82) is 0 Å². The van der Waals surface area contributed by atoms with Gasteiger partial charge < -0.3 is 10.6 Å². The van der Waals surface area contributed by atoms with Gasteiger partial charge in [-0.25, -0.2) is 0 Å². The Hall–Kier alpha value is -1.58. The predicted octanol–water partition coefficient (Wildman–Crippen LogP) is 2.63. The van der Waals surface area contributed by atoms with E-state index in [1.54, 1.807) is 0 Å². The molecular formula is C16H19ClN2O. The molecule has 1 saturated heterocycles. The summed E-state index contributed by atoms with van der Waals surface area (Å²) in [5, 5.41) is 8.68. The molecule has 20 heavy (non-hydrogen) atoms. The zero-order chi connectivity index (χ0) is 13.1. The fourth-order valence-corrected chi connectivity index (χ4v) is 2.66. The monoisotopic (exact) mass is 290 g/mol. The molecule has 0 radical (unpaired) electrons. The Morgan fingerprint density at radius 1 is 1.20 bits per heavy atom. The van der Waals surface area contributed by atoms with Crippen molar-refractivity contribution in [2.45, 2.75) is 25.4 Å². The summed E-state index contributed by atoms with van der Waals surface area (Å²) in [5.41, 5.74) is 1.17. The Balaban J connectivity index is 0.00000147. The smallest absolute Gasteiger partial charge is 0.237 e. The lowest BCUT2D eigenvalue weighted by molar-refractivity contribution is -0.122. The van der Waals surface area contributed by atoms with Crippen molar-refractivity contribution in [1.82, 2.24) is 10.6 Å². The number of hydrogen-bond acceptors (Lipinski definition) is 2. The number of rotatable bonds is 3. The summed E-state index contributed by atoms with van der Waals surface area (Å²) in [5.74, 6) is 0.116. The predicted molar refractivity (Wildman–Crippen MR) is 84.1 cm³/mol. The van der Waals surface area contributed by atoms with E-state index >= 15 is 0 Å². The molecule has 2 aromatic rings.